The lowest BCUT2D eigenvalue weighted by atomic mass is 10.0. The van der Waals surface area contributed by atoms with Crippen LogP contribution in [0.25, 0.3) is 11.3 Å². The van der Waals surface area contributed by atoms with Gasteiger partial charge in [-0.25, -0.2) is 4.79 Å². The van der Waals surface area contributed by atoms with Crippen LogP contribution in [-0.2, 0) is 0 Å². The van der Waals surface area contributed by atoms with Crippen molar-refractivity contribution in [3.8, 4) is 11.3 Å². The van der Waals surface area contributed by atoms with Gasteiger partial charge in [-0.05, 0) is 38.8 Å². The van der Waals surface area contributed by atoms with Crippen LogP contribution in [0.15, 0.2) is 34.9 Å². The SMILES string of the molecule is O=C(O)c1c(N2CCCC(N3CCCC3)C2)noc1-c1ccccc1. The van der Waals surface area contributed by atoms with Crippen LogP contribution < -0.4 is 4.90 Å². The third-order valence-corrected chi connectivity index (χ3v) is 5.28. The molecular formula is C19H23N3O3. The molecule has 2 aliphatic rings. The molecule has 1 N–H and O–H groups in total. The molecule has 0 radical (unpaired) electrons. The molecule has 2 saturated heterocycles. The second kappa shape index (κ2) is 6.88. The number of piperidine rings is 1. The Kier molecular flexibility index (Phi) is 4.44. The van der Waals surface area contributed by atoms with Crippen LogP contribution in [0, 0.1) is 0 Å². The van der Waals surface area contributed by atoms with Gasteiger partial charge in [0, 0.05) is 24.7 Å². The number of aromatic nitrogens is 1. The van der Waals surface area contributed by atoms with Crippen molar-refractivity contribution in [3.63, 3.8) is 0 Å². The second-order valence-corrected chi connectivity index (χ2v) is 6.87. The van der Waals surface area contributed by atoms with E-state index in [2.05, 4.69) is 15.0 Å². The van der Waals surface area contributed by atoms with Crippen molar-refractivity contribution < 1.29 is 14.4 Å². The molecule has 1 aromatic carbocycles. The number of benzene rings is 1. The number of anilines is 1. The Morgan fingerprint density at radius 1 is 1.12 bits per heavy atom. The van der Waals surface area contributed by atoms with Gasteiger partial charge in [0.15, 0.2) is 17.1 Å². The van der Waals surface area contributed by atoms with E-state index >= 15 is 0 Å². The maximum atomic E-state index is 11.9. The smallest absolute Gasteiger partial charge is 0.343 e. The van der Waals surface area contributed by atoms with E-state index in [0.717, 1.165) is 38.2 Å². The Morgan fingerprint density at radius 2 is 1.88 bits per heavy atom. The van der Waals surface area contributed by atoms with Crippen LogP contribution in [0.2, 0.25) is 0 Å². The molecule has 0 amide bonds. The summed E-state index contributed by atoms with van der Waals surface area (Å²) in [6.07, 6.45) is 4.74. The molecule has 2 aliphatic heterocycles. The fraction of sp³-hybridized carbons (Fsp3) is 0.474. The van der Waals surface area contributed by atoms with Gasteiger partial charge in [-0.15, -0.1) is 0 Å². The van der Waals surface area contributed by atoms with Gasteiger partial charge in [0.05, 0.1) is 0 Å². The fourth-order valence-corrected chi connectivity index (χ4v) is 4.03. The summed E-state index contributed by atoms with van der Waals surface area (Å²) >= 11 is 0. The third-order valence-electron chi connectivity index (χ3n) is 5.28. The van der Waals surface area contributed by atoms with E-state index in [0.29, 0.717) is 17.6 Å². The zero-order valence-electron chi connectivity index (χ0n) is 14.2. The molecule has 0 saturated carbocycles. The van der Waals surface area contributed by atoms with E-state index in [1.807, 2.05) is 30.3 Å². The largest absolute Gasteiger partial charge is 0.477 e. The molecule has 2 aromatic rings. The van der Waals surface area contributed by atoms with Crippen molar-refractivity contribution >= 4 is 11.8 Å². The summed E-state index contributed by atoms with van der Waals surface area (Å²) in [6, 6.07) is 9.81. The average Bonchev–Trinajstić information content (AvgIpc) is 3.32. The summed E-state index contributed by atoms with van der Waals surface area (Å²) in [5, 5.41) is 13.9. The summed E-state index contributed by atoms with van der Waals surface area (Å²) in [4.78, 5) is 16.5. The molecule has 1 unspecified atom stereocenters. The van der Waals surface area contributed by atoms with E-state index < -0.39 is 5.97 Å². The molecule has 2 fully saturated rings. The molecule has 3 heterocycles. The molecule has 0 spiro atoms. The number of rotatable bonds is 4. The second-order valence-electron chi connectivity index (χ2n) is 6.87. The Balaban J connectivity index is 1.63. The predicted octanol–water partition coefficient (Wildman–Crippen LogP) is 3.10. The normalized spacial score (nSPS) is 21.6. The van der Waals surface area contributed by atoms with Crippen molar-refractivity contribution in [1.29, 1.82) is 0 Å². The van der Waals surface area contributed by atoms with Crippen molar-refractivity contribution in [1.82, 2.24) is 10.1 Å². The summed E-state index contributed by atoms with van der Waals surface area (Å²) in [5.74, 6) is -0.181. The molecule has 1 atom stereocenters. The van der Waals surface area contributed by atoms with Gasteiger partial charge in [0.25, 0.3) is 0 Å². The zero-order valence-corrected chi connectivity index (χ0v) is 14.2. The summed E-state index contributed by atoms with van der Waals surface area (Å²) in [6.45, 7) is 3.95. The Morgan fingerprint density at radius 3 is 2.60 bits per heavy atom. The van der Waals surface area contributed by atoms with Gasteiger partial charge in [-0.3, -0.25) is 4.90 Å². The summed E-state index contributed by atoms with van der Waals surface area (Å²) < 4.78 is 5.47. The molecule has 6 heteroatoms. The van der Waals surface area contributed by atoms with Gasteiger partial charge >= 0.3 is 5.97 Å². The van der Waals surface area contributed by atoms with E-state index in [-0.39, 0.29) is 5.56 Å². The van der Waals surface area contributed by atoms with E-state index in [9.17, 15) is 9.90 Å². The monoisotopic (exact) mass is 341 g/mol. The number of likely N-dealkylation sites (tertiary alicyclic amines) is 1. The van der Waals surface area contributed by atoms with Crippen LogP contribution in [0.4, 0.5) is 5.82 Å². The van der Waals surface area contributed by atoms with E-state index in [1.165, 1.54) is 19.3 Å². The first-order valence-corrected chi connectivity index (χ1v) is 9.01. The number of hydrogen-bond donors (Lipinski definition) is 1. The average molecular weight is 341 g/mol. The number of nitrogens with zero attached hydrogens (tertiary/aromatic N) is 3. The van der Waals surface area contributed by atoms with Crippen LogP contribution >= 0.6 is 0 Å². The summed E-state index contributed by atoms with van der Waals surface area (Å²) in [5.41, 5.74) is 0.917. The maximum Gasteiger partial charge on any atom is 0.343 e. The topological polar surface area (TPSA) is 69.8 Å². The zero-order chi connectivity index (χ0) is 17.2. The minimum Gasteiger partial charge on any atom is -0.477 e. The van der Waals surface area contributed by atoms with Gasteiger partial charge in [-0.2, -0.15) is 0 Å². The highest BCUT2D eigenvalue weighted by molar-refractivity contribution is 5.99. The quantitative estimate of drug-likeness (QED) is 0.921. The molecule has 6 nitrogen and oxygen atoms in total. The highest BCUT2D eigenvalue weighted by Crippen LogP contribution is 2.33. The molecular weight excluding hydrogens is 318 g/mol. The van der Waals surface area contributed by atoms with Crippen LogP contribution in [-0.4, -0.2) is 53.4 Å². The maximum absolute atomic E-state index is 11.9. The van der Waals surface area contributed by atoms with Crippen molar-refractivity contribution in [2.45, 2.75) is 31.7 Å². The number of carboxylic acid groups (broad SMARTS) is 1. The number of carboxylic acids is 1. The number of carbonyl (C=O) groups is 1. The van der Waals surface area contributed by atoms with Crippen LogP contribution in [0.3, 0.4) is 0 Å². The third kappa shape index (κ3) is 3.14. The minimum atomic E-state index is -0.988. The lowest BCUT2D eigenvalue weighted by Crippen LogP contribution is -2.47. The van der Waals surface area contributed by atoms with Gasteiger partial charge in [-0.1, -0.05) is 35.5 Å². The molecule has 25 heavy (non-hydrogen) atoms. The Bertz CT molecular complexity index is 738. The van der Waals surface area contributed by atoms with Crippen LogP contribution in [0.5, 0.6) is 0 Å². The van der Waals surface area contributed by atoms with E-state index in [4.69, 9.17) is 4.52 Å². The first-order chi connectivity index (χ1) is 12.2. The predicted molar refractivity (Wildman–Crippen MR) is 94.9 cm³/mol. The van der Waals surface area contributed by atoms with Crippen molar-refractivity contribution in [2.75, 3.05) is 31.1 Å². The standard InChI is InChI=1S/C19H23N3O3/c23-19(24)16-17(14-7-2-1-3-8-14)25-20-18(16)22-12-6-9-15(13-22)21-10-4-5-11-21/h1-3,7-8,15H,4-6,9-13H2,(H,23,24). The van der Waals surface area contributed by atoms with Gasteiger partial charge in [0.2, 0.25) is 0 Å². The molecule has 1 aromatic heterocycles. The molecule has 0 bridgehead atoms. The van der Waals surface area contributed by atoms with Gasteiger partial charge in [0.1, 0.15) is 0 Å². The highest BCUT2D eigenvalue weighted by atomic mass is 16.5. The lowest BCUT2D eigenvalue weighted by molar-refractivity contribution is 0.0697. The Labute approximate surface area is 147 Å². The van der Waals surface area contributed by atoms with E-state index in [1.54, 1.807) is 0 Å². The van der Waals surface area contributed by atoms with Gasteiger partial charge < -0.3 is 14.5 Å². The molecule has 132 valence electrons. The first-order valence-electron chi connectivity index (χ1n) is 9.01. The Hall–Kier alpha value is -2.34. The number of aromatic carboxylic acids is 1. The lowest BCUT2D eigenvalue weighted by Gasteiger charge is -2.37. The minimum absolute atomic E-state index is 0.174. The number of hydrogen-bond acceptors (Lipinski definition) is 5. The first kappa shape index (κ1) is 16.1. The summed E-state index contributed by atoms with van der Waals surface area (Å²) in [7, 11) is 0. The molecule has 4 rings (SSSR count). The molecule has 0 aliphatic carbocycles. The van der Waals surface area contributed by atoms with Crippen molar-refractivity contribution in [2.24, 2.45) is 0 Å². The highest BCUT2D eigenvalue weighted by Gasteiger charge is 2.32. The van der Waals surface area contributed by atoms with Crippen LogP contribution in [0.1, 0.15) is 36.0 Å². The fourth-order valence-electron chi connectivity index (χ4n) is 4.03. The van der Waals surface area contributed by atoms with Crippen molar-refractivity contribution in [3.05, 3.63) is 35.9 Å².